The van der Waals surface area contributed by atoms with Crippen molar-refractivity contribution in [2.45, 2.75) is 6.54 Å². The van der Waals surface area contributed by atoms with Gasteiger partial charge in [0.2, 0.25) is 0 Å². The van der Waals surface area contributed by atoms with Crippen LogP contribution in [0, 0.1) is 0 Å². The molecule has 88 valence electrons. The van der Waals surface area contributed by atoms with E-state index >= 15 is 0 Å². The molecule has 16 heavy (non-hydrogen) atoms. The number of halogens is 1. The van der Waals surface area contributed by atoms with Crippen LogP contribution in [0.5, 0.6) is 0 Å². The molecule has 0 aliphatic rings. The van der Waals surface area contributed by atoms with E-state index in [0.717, 1.165) is 6.54 Å². The number of nitrogens with one attached hydrogen (secondary N) is 1. The van der Waals surface area contributed by atoms with Crippen molar-refractivity contribution >= 4 is 23.3 Å². The number of hydrogen-bond donors (Lipinski definition) is 2. The van der Waals surface area contributed by atoms with Crippen LogP contribution in [0.4, 0.5) is 0 Å². The molecule has 0 fully saturated rings. The molecule has 1 heterocycles. The van der Waals surface area contributed by atoms with Crippen LogP contribution in [-0.2, 0) is 13.6 Å². The van der Waals surface area contributed by atoms with Gasteiger partial charge in [0.05, 0.1) is 6.61 Å². The molecule has 0 radical (unpaired) electrons. The summed E-state index contributed by atoms with van der Waals surface area (Å²) in [6.07, 6.45) is 2.13. The summed E-state index contributed by atoms with van der Waals surface area (Å²) in [5.74, 6) is 0. The van der Waals surface area contributed by atoms with E-state index in [1.54, 1.807) is 0 Å². The number of aliphatic hydroxyl groups excluding tert-OH is 1. The van der Waals surface area contributed by atoms with Crippen molar-refractivity contribution in [2.75, 3.05) is 13.2 Å². The maximum Gasteiger partial charge on any atom is 0.0556 e. The molecule has 0 atom stereocenters. The van der Waals surface area contributed by atoms with Gasteiger partial charge in [-0.05, 0) is 11.6 Å². The lowest BCUT2D eigenvalue weighted by Gasteiger charge is -2.00. The number of hydrogen-bond acceptors (Lipinski definition) is 2. The van der Waals surface area contributed by atoms with Crippen LogP contribution < -0.4 is 5.32 Å². The van der Waals surface area contributed by atoms with E-state index in [4.69, 9.17) is 5.11 Å². The Morgan fingerprint density at radius 3 is 2.81 bits per heavy atom. The Bertz CT molecular complexity index is 453. The van der Waals surface area contributed by atoms with Gasteiger partial charge in [0.1, 0.15) is 0 Å². The summed E-state index contributed by atoms with van der Waals surface area (Å²) < 4.78 is 2.13. The van der Waals surface area contributed by atoms with Crippen LogP contribution in [0.15, 0.2) is 30.5 Å². The molecule has 2 rings (SSSR count). The van der Waals surface area contributed by atoms with Gasteiger partial charge in [-0.2, -0.15) is 0 Å². The summed E-state index contributed by atoms with van der Waals surface area (Å²) in [5, 5.41) is 13.2. The third-order valence-corrected chi connectivity index (χ3v) is 2.58. The lowest BCUT2D eigenvalue weighted by atomic mass is 10.2. The molecule has 3 nitrogen and oxygen atoms in total. The maximum atomic E-state index is 8.70. The second kappa shape index (κ2) is 5.89. The van der Waals surface area contributed by atoms with Gasteiger partial charge in [-0.15, -0.1) is 12.4 Å². The van der Waals surface area contributed by atoms with Crippen LogP contribution in [0.25, 0.3) is 10.9 Å². The fourth-order valence-corrected chi connectivity index (χ4v) is 1.87. The monoisotopic (exact) mass is 240 g/mol. The lowest BCUT2D eigenvalue weighted by molar-refractivity contribution is 0.292. The van der Waals surface area contributed by atoms with Gasteiger partial charge in [-0.25, -0.2) is 0 Å². The summed E-state index contributed by atoms with van der Waals surface area (Å²) >= 11 is 0. The number of aryl methyl sites for hydroxylation is 1. The number of fused-ring (bicyclic) bond motifs is 1. The third kappa shape index (κ3) is 2.55. The molecule has 2 N–H and O–H groups in total. The predicted octanol–water partition coefficient (Wildman–Crippen LogP) is 1.68. The van der Waals surface area contributed by atoms with Crippen LogP contribution in [-0.4, -0.2) is 22.8 Å². The molecular weight excluding hydrogens is 224 g/mol. The summed E-state index contributed by atoms with van der Waals surface area (Å²) in [4.78, 5) is 0. The number of aromatic nitrogens is 1. The molecule has 0 unspecified atom stereocenters. The van der Waals surface area contributed by atoms with Gasteiger partial charge in [0.25, 0.3) is 0 Å². The first-order valence-electron chi connectivity index (χ1n) is 5.17. The van der Waals surface area contributed by atoms with Gasteiger partial charge in [0.15, 0.2) is 0 Å². The summed E-state index contributed by atoms with van der Waals surface area (Å²) in [5.41, 5.74) is 2.53. The molecule has 0 bridgehead atoms. The number of benzene rings is 1. The highest BCUT2D eigenvalue weighted by Gasteiger charge is 2.04. The lowest BCUT2D eigenvalue weighted by Crippen LogP contribution is -2.17. The summed E-state index contributed by atoms with van der Waals surface area (Å²) in [6.45, 7) is 1.63. The van der Waals surface area contributed by atoms with E-state index in [0.29, 0.717) is 6.54 Å². The normalized spacial score (nSPS) is 10.4. The quantitative estimate of drug-likeness (QED) is 0.798. The van der Waals surface area contributed by atoms with Crippen LogP contribution in [0.2, 0.25) is 0 Å². The Morgan fingerprint density at radius 2 is 2.06 bits per heavy atom. The fourth-order valence-electron chi connectivity index (χ4n) is 1.87. The molecule has 0 spiro atoms. The van der Waals surface area contributed by atoms with E-state index in [-0.39, 0.29) is 19.0 Å². The molecular formula is C12H17ClN2O. The van der Waals surface area contributed by atoms with E-state index in [9.17, 15) is 0 Å². The van der Waals surface area contributed by atoms with Gasteiger partial charge in [-0.1, -0.05) is 18.2 Å². The van der Waals surface area contributed by atoms with Gasteiger partial charge >= 0.3 is 0 Å². The molecule has 0 amide bonds. The Morgan fingerprint density at radius 1 is 1.31 bits per heavy atom. The van der Waals surface area contributed by atoms with Crippen LogP contribution in [0.1, 0.15) is 5.56 Å². The molecule has 2 aromatic rings. The first-order valence-corrected chi connectivity index (χ1v) is 5.17. The van der Waals surface area contributed by atoms with Gasteiger partial charge in [-0.3, -0.25) is 0 Å². The van der Waals surface area contributed by atoms with Gasteiger partial charge < -0.3 is 15.0 Å². The highest BCUT2D eigenvalue weighted by Crippen LogP contribution is 2.19. The van der Waals surface area contributed by atoms with Gasteiger partial charge in [0, 0.05) is 37.2 Å². The molecule has 4 heteroatoms. The summed E-state index contributed by atoms with van der Waals surface area (Å²) in [7, 11) is 2.05. The van der Waals surface area contributed by atoms with E-state index in [1.165, 1.54) is 16.5 Å². The standard InChI is InChI=1S/C12H16N2O.ClH/c1-14-9-10(8-13-6-7-15)11-4-2-3-5-12(11)14;/h2-5,9,13,15H,6-8H2,1H3;1H. The molecule has 0 aliphatic carbocycles. The first kappa shape index (κ1) is 13.0. The Labute approximate surface area is 101 Å². The van der Waals surface area contributed by atoms with Crippen molar-refractivity contribution < 1.29 is 5.11 Å². The topological polar surface area (TPSA) is 37.2 Å². The van der Waals surface area contributed by atoms with Crippen molar-refractivity contribution in [3.8, 4) is 0 Å². The van der Waals surface area contributed by atoms with Crippen molar-refractivity contribution in [1.29, 1.82) is 0 Å². The van der Waals surface area contributed by atoms with E-state index in [1.807, 2.05) is 6.07 Å². The Balaban J connectivity index is 0.00000128. The largest absolute Gasteiger partial charge is 0.395 e. The van der Waals surface area contributed by atoms with Crippen LogP contribution >= 0.6 is 12.4 Å². The zero-order valence-electron chi connectivity index (χ0n) is 9.31. The molecule has 1 aromatic heterocycles. The average molecular weight is 241 g/mol. The molecule has 0 aliphatic heterocycles. The van der Waals surface area contributed by atoms with Crippen molar-refractivity contribution in [3.63, 3.8) is 0 Å². The Hall–Kier alpha value is -1.03. The summed E-state index contributed by atoms with van der Waals surface area (Å²) in [6, 6.07) is 8.35. The number of para-hydroxylation sites is 1. The Kier molecular flexibility index (Phi) is 4.80. The molecule has 0 saturated heterocycles. The second-order valence-electron chi connectivity index (χ2n) is 3.68. The minimum absolute atomic E-state index is 0. The third-order valence-electron chi connectivity index (χ3n) is 2.58. The fraction of sp³-hybridized carbons (Fsp3) is 0.333. The SMILES string of the molecule is Cl.Cn1cc(CNCCO)c2ccccc21. The molecule has 0 saturated carbocycles. The van der Waals surface area contributed by atoms with E-state index in [2.05, 4.69) is 41.3 Å². The smallest absolute Gasteiger partial charge is 0.0556 e. The zero-order chi connectivity index (χ0) is 10.7. The number of rotatable bonds is 4. The second-order valence-corrected chi connectivity index (χ2v) is 3.68. The zero-order valence-corrected chi connectivity index (χ0v) is 10.1. The number of nitrogens with zero attached hydrogens (tertiary/aromatic N) is 1. The first-order chi connectivity index (χ1) is 7.33. The molecule has 1 aromatic carbocycles. The maximum absolute atomic E-state index is 8.70. The average Bonchev–Trinajstić information content (AvgIpc) is 2.58. The van der Waals surface area contributed by atoms with E-state index < -0.39 is 0 Å². The highest BCUT2D eigenvalue weighted by atomic mass is 35.5. The minimum atomic E-state index is 0. The minimum Gasteiger partial charge on any atom is -0.395 e. The number of aliphatic hydroxyl groups is 1. The predicted molar refractivity (Wildman–Crippen MR) is 69.0 cm³/mol. The van der Waals surface area contributed by atoms with Crippen LogP contribution in [0.3, 0.4) is 0 Å². The van der Waals surface area contributed by atoms with Crippen molar-refractivity contribution in [3.05, 3.63) is 36.0 Å². The highest BCUT2D eigenvalue weighted by molar-refractivity contribution is 5.85. The van der Waals surface area contributed by atoms with Crippen molar-refractivity contribution in [2.24, 2.45) is 7.05 Å². The van der Waals surface area contributed by atoms with Crippen molar-refractivity contribution in [1.82, 2.24) is 9.88 Å².